The van der Waals surface area contributed by atoms with Crippen molar-refractivity contribution in [1.29, 1.82) is 0 Å². The normalized spacial score (nSPS) is 15.8. The average molecular weight is 395 g/mol. The largest absolute Gasteiger partial charge is 0.489 e. The highest BCUT2D eigenvalue weighted by molar-refractivity contribution is 7.93. The van der Waals surface area contributed by atoms with Crippen molar-refractivity contribution in [2.45, 2.75) is 17.9 Å². The Morgan fingerprint density at radius 3 is 2.04 bits per heavy atom. The zero-order valence-corrected chi connectivity index (χ0v) is 16.3. The summed E-state index contributed by atoms with van der Waals surface area (Å²) in [5.74, 6) is 0.370. The van der Waals surface area contributed by atoms with Gasteiger partial charge in [0.25, 0.3) is 10.0 Å². The lowest BCUT2D eigenvalue weighted by molar-refractivity contribution is 0.256. The van der Waals surface area contributed by atoms with Crippen molar-refractivity contribution in [2.75, 3.05) is 17.5 Å². The minimum absolute atomic E-state index is 0.0366. The molecular formula is C22H21NO4S. The molecule has 4 rings (SSSR count). The summed E-state index contributed by atoms with van der Waals surface area (Å²) in [5.41, 5.74) is 1.89. The third-order valence-corrected chi connectivity index (χ3v) is 6.27. The summed E-state index contributed by atoms with van der Waals surface area (Å²) in [7, 11) is -3.92. The van der Waals surface area contributed by atoms with Crippen LogP contribution in [0, 0.1) is 6.92 Å². The molecule has 1 fully saturated rings. The van der Waals surface area contributed by atoms with Crippen LogP contribution in [0.1, 0.15) is 5.56 Å². The summed E-state index contributed by atoms with van der Waals surface area (Å²) < 4.78 is 40.0. The molecule has 1 aliphatic rings. The van der Waals surface area contributed by atoms with Gasteiger partial charge in [0.05, 0.1) is 18.0 Å². The molecule has 0 N–H and O–H groups in total. The SMILES string of the molecule is Cc1cccc(S(=O)(=O)N(c2ccccc2)c2ccccc2)c1OCC1CO1. The molecule has 0 aliphatic carbocycles. The molecule has 1 heterocycles. The number of aryl methyl sites for hydroxylation is 1. The highest BCUT2D eigenvalue weighted by Crippen LogP contribution is 2.37. The molecule has 3 aromatic carbocycles. The van der Waals surface area contributed by atoms with Crippen molar-refractivity contribution < 1.29 is 17.9 Å². The van der Waals surface area contributed by atoms with Crippen LogP contribution in [0.3, 0.4) is 0 Å². The van der Waals surface area contributed by atoms with Gasteiger partial charge < -0.3 is 9.47 Å². The molecule has 1 aliphatic heterocycles. The Morgan fingerprint density at radius 2 is 1.50 bits per heavy atom. The van der Waals surface area contributed by atoms with E-state index in [1.165, 1.54) is 4.31 Å². The second-order valence-corrected chi connectivity index (χ2v) is 8.36. The molecule has 0 spiro atoms. The van der Waals surface area contributed by atoms with E-state index in [4.69, 9.17) is 9.47 Å². The number of sulfonamides is 1. The van der Waals surface area contributed by atoms with Crippen molar-refractivity contribution >= 4 is 21.4 Å². The highest BCUT2D eigenvalue weighted by atomic mass is 32.2. The van der Waals surface area contributed by atoms with Crippen molar-refractivity contribution in [1.82, 2.24) is 0 Å². The van der Waals surface area contributed by atoms with Gasteiger partial charge in [-0.3, -0.25) is 0 Å². The summed E-state index contributed by atoms with van der Waals surface area (Å²) in [6.45, 7) is 2.83. The number of benzene rings is 3. The van der Waals surface area contributed by atoms with E-state index in [0.29, 0.717) is 30.3 Å². The van der Waals surface area contributed by atoms with Gasteiger partial charge in [-0.1, -0.05) is 48.5 Å². The minimum atomic E-state index is -3.92. The van der Waals surface area contributed by atoms with Crippen LogP contribution >= 0.6 is 0 Å². The smallest absolute Gasteiger partial charge is 0.272 e. The summed E-state index contributed by atoms with van der Waals surface area (Å²) in [5, 5.41) is 0. The van der Waals surface area contributed by atoms with E-state index >= 15 is 0 Å². The van der Waals surface area contributed by atoms with Crippen molar-refractivity contribution in [3.05, 3.63) is 84.4 Å². The number of nitrogens with zero attached hydrogens (tertiary/aromatic N) is 1. The van der Waals surface area contributed by atoms with Crippen LogP contribution < -0.4 is 9.04 Å². The molecule has 28 heavy (non-hydrogen) atoms. The molecule has 1 atom stereocenters. The summed E-state index contributed by atoms with van der Waals surface area (Å²) >= 11 is 0. The zero-order chi connectivity index (χ0) is 19.6. The van der Waals surface area contributed by atoms with Crippen molar-refractivity contribution in [2.24, 2.45) is 0 Å². The molecule has 0 bridgehead atoms. The lowest BCUT2D eigenvalue weighted by Gasteiger charge is -2.26. The molecule has 1 saturated heterocycles. The van der Waals surface area contributed by atoms with Gasteiger partial charge in [-0.05, 0) is 42.8 Å². The van der Waals surface area contributed by atoms with Gasteiger partial charge in [0.1, 0.15) is 23.4 Å². The van der Waals surface area contributed by atoms with Gasteiger partial charge in [0.2, 0.25) is 0 Å². The predicted octanol–water partition coefficient (Wildman–Crippen LogP) is 4.30. The number of hydrogen-bond acceptors (Lipinski definition) is 4. The van der Waals surface area contributed by atoms with E-state index in [1.54, 1.807) is 36.4 Å². The number of ether oxygens (including phenoxy) is 2. The number of hydrogen-bond donors (Lipinski definition) is 0. The second kappa shape index (κ2) is 7.66. The molecular weight excluding hydrogens is 374 g/mol. The Balaban J connectivity index is 1.83. The minimum Gasteiger partial charge on any atom is -0.489 e. The predicted molar refractivity (Wildman–Crippen MR) is 109 cm³/mol. The number of para-hydroxylation sites is 3. The molecule has 144 valence electrons. The van der Waals surface area contributed by atoms with Crippen LogP contribution in [0.5, 0.6) is 5.75 Å². The van der Waals surface area contributed by atoms with Gasteiger partial charge in [0.15, 0.2) is 0 Å². The van der Waals surface area contributed by atoms with Gasteiger partial charge in [-0.25, -0.2) is 12.7 Å². The summed E-state index contributed by atoms with van der Waals surface area (Å²) in [4.78, 5) is 0.140. The molecule has 1 unspecified atom stereocenters. The first-order valence-electron chi connectivity index (χ1n) is 9.07. The van der Waals surface area contributed by atoms with E-state index in [1.807, 2.05) is 49.4 Å². The van der Waals surface area contributed by atoms with Crippen LogP contribution in [0.25, 0.3) is 0 Å². The third kappa shape index (κ3) is 3.74. The van der Waals surface area contributed by atoms with E-state index in [2.05, 4.69) is 0 Å². The Hall–Kier alpha value is -2.83. The van der Waals surface area contributed by atoms with E-state index in [0.717, 1.165) is 5.56 Å². The lowest BCUT2D eigenvalue weighted by atomic mass is 10.2. The number of rotatable bonds is 7. The number of anilines is 2. The second-order valence-electron chi connectivity index (χ2n) is 6.61. The first-order chi connectivity index (χ1) is 13.6. The van der Waals surface area contributed by atoms with Gasteiger partial charge in [-0.2, -0.15) is 0 Å². The van der Waals surface area contributed by atoms with E-state index in [9.17, 15) is 8.42 Å². The van der Waals surface area contributed by atoms with Crippen LogP contribution in [0.2, 0.25) is 0 Å². The third-order valence-electron chi connectivity index (χ3n) is 4.49. The molecule has 5 nitrogen and oxygen atoms in total. The van der Waals surface area contributed by atoms with E-state index < -0.39 is 10.0 Å². The average Bonchev–Trinajstić information content (AvgIpc) is 3.53. The maximum absolute atomic E-state index is 13.8. The molecule has 0 radical (unpaired) electrons. The Morgan fingerprint density at radius 1 is 0.929 bits per heavy atom. The van der Waals surface area contributed by atoms with Crippen LogP contribution in [-0.4, -0.2) is 27.7 Å². The fraction of sp³-hybridized carbons (Fsp3) is 0.182. The van der Waals surface area contributed by atoms with Crippen molar-refractivity contribution in [3.63, 3.8) is 0 Å². The van der Waals surface area contributed by atoms with Gasteiger partial charge in [0, 0.05) is 0 Å². The molecule has 6 heteroatoms. The highest BCUT2D eigenvalue weighted by Gasteiger charge is 2.31. The van der Waals surface area contributed by atoms with Crippen molar-refractivity contribution in [3.8, 4) is 5.75 Å². The van der Waals surface area contributed by atoms with Crippen LogP contribution in [0.15, 0.2) is 83.8 Å². The molecule has 3 aromatic rings. The maximum Gasteiger partial charge on any atom is 0.272 e. The standard InChI is InChI=1S/C22H21NO4S/c1-17-9-8-14-21(22(17)27-16-20-15-26-20)28(24,25)23(18-10-4-2-5-11-18)19-12-6-3-7-13-19/h2-14,20H,15-16H2,1H3. The molecule has 0 saturated carbocycles. The Labute approximate surface area is 165 Å². The van der Waals surface area contributed by atoms with Crippen LogP contribution in [0.4, 0.5) is 11.4 Å². The monoisotopic (exact) mass is 395 g/mol. The van der Waals surface area contributed by atoms with Crippen LogP contribution in [-0.2, 0) is 14.8 Å². The quantitative estimate of drug-likeness (QED) is 0.560. The first-order valence-corrected chi connectivity index (χ1v) is 10.5. The Kier molecular flexibility index (Phi) is 5.07. The summed E-state index contributed by atoms with van der Waals surface area (Å²) in [6.07, 6.45) is 0.0366. The molecule has 0 amide bonds. The summed E-state index contributed by atoms with van der Waals surface area (Å²) in [6, 6.07) is 23.3. The number of epoxide rings is 1. The van der Waals surface area contributed by atoms with Gasteiger partial charge >= 0.3 is 0 Å². The maximum atomic E-state index is 13.8. The van der Waals surface area contributed by atoms with E-state index in [-0.39, 0.29) is 11.0 Å². The molecule has 0 aromatic heterocycles. The Bertz CT molecular complexity index is 1010. The lowest BCUT2D eigenvalue weighted by Crippen LogP contribution is -2.27. The fourth-order valence-electron chi connectivity index (χ4n) is 3.01. The first kappa shape index (κ1) is 18.5. The zero-order valence-electron chi connectivity index (χ0n) is 15.5. The van der Waals surface area contributed by atoms with Gasteiger partial charge in [-0.15, -0.1) is 0 Å². The fourth-order valence-corrected chi connectivity index (χ4v) is 4.71. The topological polar surface area (TPSA) is 59.1 Å².